The Morgan fingerprint density at radius 3 is 1.23 bits per heavy atom. The number of rotatable bonds is 15. The molecule has 1 aliphatic rings. The van der Waals surface area contributed by atoms with E-state index < -0.39 is 155 Å². The van der Waals surface area contributed by atoms with E-state index in [1.165, 1.54) is 82.8 Å². The molecule has 11 amide bonds. The Bertz CT molecular complexity index is 2440. The third-order valence-electron chi connectivity index (χ3n) is 16.4. The van der Waals surface area contributed by atoms with Gasteiger partial charge in [-0.05, 0) is 100 Å². The van der Waals surface area contributed by atoms with Gasteiger partial charge in [-0.2, -0.15) is 0 Å². The fourth-order valence-corrected chi connectivity index (χ4v) is 10.8. The first-order valence-electron chi connectivity index (χ1n) is 31.1. The smallest absolute Gasteiger partial charge is 0.270 e. The van der Waals surface area contributed by atoms with Crippen molar-refractivity contribution >= 4 is 65.0 Å². The van der Waals surface area contributed by atoms with Crippen LogP contribution in [0.15, 0.2) is 24.4 Å². The Morgan fingerprint density at radius 1 is 0.425 bits per heavy atom. The lowest BCUT2D eigenvalue weighted by Gasteiger charge is -2.41. The molecule has 12 atom stereocenters. The molecule has 23 nitrogen and oxygen atoms in total. The van der Waals surface area contributed by atoms with E-state index in [2.05, 4.69) is 27.8 Å². The zero-order chi connectivity index (χ0) is 67.7. The maximum absolute atomic E-state index is 15.2. The molecule has 0 spiro atoms. The largest absolute Gasteiger partial charge is 0.390 e. The van der Waals surface area contributed by atoms with Crippen LogP contribution < -0.4 is 21.3 Å². The quantitative estimate of drug-likeness (QED) is 0.115. The SMILES string of the molecule is C=C1C(=O)N(C)[C@@H](CC(C)C)C(=O)N[C@H](C(C)C)C(=O)N(C)[C@H](CC(C)C)C(=O)N[C@H](C)C(=O)N[C@@H](C)C(=O)N(C)[C@H](CC(C)C)C(=O)N(C)[C@H](CC(C)C)C(=O)N(C)[C@H](C(C)C)C(=O)N(C)[C@H]([C@H](O)[C@H](C)CC=CC)C(=O)N[C@H](C(C)C)C(=O)N1C. The fraction of sp³-hybridized carbons (Fsp3) is 0.766. The predicted octanol–water partition coefficient (Wildman–Crippen LogP) is 4.03. The van der Waals surface area contributed by atoms with Crippen LogP contribution in [0.4, 0.5) is 0 Å². The van der Waals surface area contributed by atoms with Crippen molar-refractivity contribution in [2.75, 3.05) is 49.3 Å². The van der Waals surface area contributed by atoms with Gasteiger partial charge in [0.15, 0.2) is 0 Å². The lowest BCUT2D eigenvalue weighted by Crippen LogP contribution is -2.64. The third-order valence-corrected chi connectivity index (χ3v) is 16.4. The number of nitrogens with zero attached hydrogens (tertiary/aromatic N) is 7. The summed E-state index contributed by atoms with van der Waals surface area (Å²) in [7, 11) is 9.76. The molecular formula is C64H113N11O12. The summed E-state index contributed by atoms with van der Waals surface area (Å²) in [6.07, 6.45) is 2.88. The van der Waals surface area contributed by atoms with Crippen LogP contribution in [-0.4, -0.2) is 220 Å². The molecule has 1 rings (SSSR count). The first-order valence-corrected chi connectivity index (χ1v) is 31.1. The van der Waals surface area contributed by atoms with Crippen molar-refractivity contribution in [2.45, 2.75) is 223 Å². The van der Waals surface area contributed by atoms with Crippen LogP contribution in [-0.2, 0) is 52.7 Å². The number of aliphatic hydroxyl groups excluding tert-OH is 1. The number of aliphatic hydroxyl groups is 1. The molecule has 87 heavy (non-hydrogen) atoms. The van der Waals surface area contributed by atoms with Gasteiger partial charge >= 0.3 is 0 Å². The van der Waals surface area contributed by atoms with Crippen molar-refractivity contribution in [3.05, 3.63) is 24.4 Å². The van der Waals surface area contributed by atoms with Crippen molar-refractivity contribution in [1.82, 2.24) is 55.6 Å². The second kappa shape index (κ2) is 35.0. The number of hydrogen-bond acceptors (Lipinski definition) is 12. The second-order valence-electron chi connectivity index (χ2n) is 26.9. The molecule has 1 heterocycles. The van der Waals surface area contributed by atoms with E-state index in [-0.39, 0.29) is 55.1 Å². The minimum absolute atomic E-state index is 0.105. The Hall–Kier alpha value is -6.39. The van der Waals surface area contributed by atoms with Gasteiger partial charge in [-0.3, -0.25) is 52.7 Å². The minimum atomic E-state index is -1.65. The molecule has 23 heteroatoms. The molecule has 0 aliphatic carbocycles. The molecule has 1 saturated heterocycles. The fourth-order valence-electron chi connectivity index (χ4n) is 10.8. The number of carbonyl (C=O) groups excluding carboxylic acids is 11. The standard InChI is InChI=1S/C64H113N11O12/c1-27-28-29-41(16)53(76)52-57(80)68-49(38(10)11)62(85)69(20)44(19)59(82)70(21)46(31-35(4)5)56(79)67-50(39(12)13)63(86)71(22)45(30-34(2)3)55(78)65-42(17)54(77)66-43(18)58(81)72(23)47(32-36(6)7)60(83)73(24)48(33-37(8)9)61(84)74(25)51(40(14)15)64(87)75(52)26/h27-28,34-43,45-53,76H,19,29-33H2,1-18,20-26H3,(H,65,78)(H,66,77)(H,67,79)(H,68,80)/t41-,42-,43+,45-,46+,47-,48-,49-,50-,51-,52-,53-/m1/s1. The molecule has 0 aromatic carbocycles. The number of hydrogen-bond donors (Lipinski definition) is 5. The van der Waals surface area contributed by atoms with Gasteiger partial charge in [-0.25, -0.2) is 0 Å². The van der Waals surface area contributed by atoms with E-state index in [0.717, 1.165) is 14.7 Å². The van der Waals surface area contributed by atoms with Crippen LogP contribution in [0.5, 0.6) is 0 Å². The molecule has 5 N–H and O–H groups in total. The summed E-state index contributed by atoms with van der Waals surface area (Å²) < 4.78 is 0. The second-order valence-corrected chi connectivity index (χ2v) is 26.9. The topological polar surface area (TPSA) is 279 Å². The normalized spacial score (nSPS) is 26.7. The number of amides is 11. The average Bonchev–Trinajstić information content (AvgIpc) is 2.67. The van der Waals surface area contributed by atoms with Gasteiger partial charge in [-0.15, -0.1) is 0 Å². The van der Waals surface area contributed by atoms with Gasteiger partial charge in [0.25, 0.3) is 5.91 Å². The van der Waals surface area contributed by atoms with E-state index in [1.54, 1.807) is 67.5 Å². The molecule has 1 aliphatic heterocycles. The summed E-state index contributed by atoms with van der Waals surface area (Å²) in [6, 6.07) is -12.7. The zero-order valence-corrected chi connectivity index (χ0v) is 57.4. The molecule has 0 aromatic heterocycles. The highest BCUT2D eigenvalue weighted by atomic mass is 16.3. The predicted molar refractivity (Wildman–Crippen MR) is 337 cm³/mol. The lowest BCUT2D eigenvalue weighted by atomic mass is 9.91. The van der Waals surface area contributed by atoms with Gasteiger partial charge in [0.2, 0.25) is 59.1 Å². The Balaban J connectivity index is 4.42. The van der Waals surface area contributed by atoms with Gasteiger partial charge in [-0.1, -0.05) is 123 Å². The monoisotopic (exact) mass is 1230 g/mol. The molecule has 0 radical (unpaired) electrons. The van der Waals surface area contributed by atoms with Crippen molar-refractivity contribution in [2.24, 2.45) is 47.3 Å². The van der Waals surface area contributed by atoms with Crippen LogP contribution in [0.3, 0.4) is 0 Å². The van der Waals surface area contributed by atoms with Crippen LogP contribution in [0.25, 0.3) is 0 Å². The molecule has 0 saturated carbocycles. The molecule has 1 fully saturated rings. The van der Waals surface area contributed by atoms with Gasteiger partial charge in [0.1, 0.15) is 66.1 Å². The highest BCUT2D eigenvalue weighted by Crippen LogP contribution is 2.26. The number of carbonyl (C=O) groups is 11. The van der Waals surface area contributed by atoms with E-state index in [0.29, 0.717) is 6.42 Å². The van der Waals surface area contributed by atoms with Crippen LogP contribution in [0.2, 0.25) is 0 Å². The van der Waals surface area contributed by atoms with E-state index in [9.17, 15) is 43.5 Å². The van der Waals surface area contributed by atoms with E-state index in [4.69, 9.17) is 0 Å². The molecule has 0 unspecified atom stereocenters. The Labute approximate surface area is 520 Å². The highest BCUT2D eigenvalue weighted by molar-refractivity contribution is 6.02. The number of likely N-dealkylation sites (N-methyl/N-ethyl adjacent to an activating group) is 7. The number of allylic oxidation sites excluding steroid dienone is 2. The Kier molecular flexibility index (Phi) is 31.6. The highest BCUT2D eigenvalue weighted by Gasteiger charge is 2.46. The number of nitrogens with one attached hydrogen (secondary N) is 4. The summed E-state index contributed by atoms with van der Waals surface area (Å²) in [6.45, 7) is 35.4. The van der Waals surface area contributed by atoms with Crippen LogP contribution in [0.1, 0.15) is 157 Å². The minimum Gasteiger partial charge on any atom is -0.390 e. The first-order chi connectivity index (χ1) is 40.0. The van der Waals surface area contributed by atoms with Crippen molar-refractivity contribution < 1.29 is 57.8 Å². The first kappa shape index (κ1) is 78.6. The molecule has 496 valence electrons. The summed E-state index contributed by atoms with van der Waals surface area (Å²) in [5.41, 5.74) is -0.366. The lowest BCUT2D eigenvalue weighted by molar-refractivity contribution is -0.157. The summed E-state index contributed by atoms with van der Waals surface area (Å²) in [5, 5.41) is 23.2. The maximum Gasteiger partial charge on any atom is 0.270 e. The van der Waals surface area contributed by atoms with Crippen LogP contribution in [0, 0.1) is 47.3 Å². The maximum atomic E-state index is 15.2. The van der Waals surface area contributed by atoms with E-state index in [1.807, 2.05) is 55.4 Å². The molecular weight excluding hydrogens is 1110 g/mol. The molecule has 0 aromatic rings. The summed E-state index contributed by atoms with van der Waals surface area (Å²) in [5.74, 6) is -11.0. The van der Waals surface area contributed by atoms with Crippen molar-refractivity contribution in [1.29, 1.82) is 0 Å². The Morgan fingerprint density at radius 2 is 0.793 bits per heavy atom. The molecule has 0 bridgehead atoms. The van der Waals surface area contributed by atoms with Gasteiger partial charge in [0.05, 0.1) is 6.10 Å². The third kappa shape index (κ3) is 21.4. The van der Waals surface area contributed by atoms with Gasteiger partial charge in [0, 0.05) is 49.3 Å². The van der Waals surface area contributed by atoms with Gasteiger partial charge < -0.3 is 60.7 Å². The van der Waals surface area contributed by atoms with Crippen molar-refractivity contribution in [3.63, 3.8) is 0 Å². The van der Waals surface area contributed by atoms with Crippen LogP contribution >= 0.6 is 0 Å². The zero-order valence-electron chi connectivity index (χ0n) is 57.4. The summed E-state index contributed by atoms with van der Waals surface area (Å²) in [4.78, 5) is 170. The van der Waals surface area contributed by atoms with E-state index >= 15 is 14.4 Å². The van der Waals surface area contributed by atoms with Crippen molar-refractivity contribution in [3.8, 4) is 0 Å². The average molecular weight is 1230 g/mol. The summed E-state index contributed by atoms with van der Waals surface area (Å²) >= 11 is 0.